The Kier molecular flexibility index (Phi) is 5.48. The topological polar surface area (TPSA) is 29.5 Å². The van der Waals surface area contributed by atoms with E-state index in [4.69, 9.17) is 4.74 Å². The molecule has 0 saturated carbocycles. The maximum Gasteiger partial charge on any atom is 0.411 e. The van der Waals surface area contributed by atoms with Crippen molar-refractivity contribution < 1.29 is 9.53 Å². The highest BCUT2D eigenvalue weighted by molar-refractivity contribution is 9.10. The lowest BCUT2D eigenvalue weighted by atomic mass is 9.82. The van der Waals surface area contributed by atoms with Crippen LogP contribution in [0.25, 0.3) is 0 Å². The monoisotopic (exact) mass is 427 g/mol. The minimum atomic E-state index is -0.642. The zero-order valence-electron chi connectivity index (χ0n) is 16.2. The van der Waals surface area contributed by atoms with Crippen LogP contribution in [0.1, 0.15) is 44.7 Å². The minimum absolute atomic E-state index is 0.278. The van der Waals surface area contributed by atoms with Gasteiger partial charge in [-0.05, 0) is 44.0 Å². The maximum absolute atomic E-state index is 13.1. The molecule has 1 saturated heterocycles. The lowest BCUT2D eigenvalue weighted by Crippen LogP contribution is -2.54. The van der Waals surface area contributed by atoms with Crippen LogP contribution >= 0.6 is 15.9 Å². The predicted molar refractivity (Wildman–Crippen MR) is 113 cm³/mol. The molecular weight excluding hydrogens is 402 g/mol. The molecule has 0 spiro atoms. The summed E-state index contributed by atoms with van der Waals surface area (Å²) in [6.45, 7) is 10.8. The number of cyclic esters (lactones) is 1. The summed E-state index contributed by atoms with van der Waals surface area (Å²) < 4.78 is 7.15. The molecule has 1 amide bonds. The number of carbonyl (C=O) groups is 1. The van der Waals surface area contributed by atoms with Crippen molar-refractivity contribution in [3.05, 3.63) is 82.3 Å². The van der Waals surface area contributed by atoms with E-state index >= 15 is 0 Å². The van der Waals surface area contributed by atoms with Crippen LogP contribution in [0.4, 0.5) is 4.79 Å². The molecule has 1 unspecified atom stereocenters. The highest BCUT2D eigenvalue weighted by Crippen LogP contribution is 2.42. The van der Waals surface area contributed by atoms with Gasteiger partial charge in [-0.2, -0.15) is 0 Å². The third-order valence-electron chi connectivity index (χ3n) is 5.36. The molecule has 0 N–H and O–H groups in total. The molecule has 3 nitrogen and oxygen atoms in total. The van der Waals surface area contributed by atoms with Crippen molar-refractivity contribution in [3.63, 3.8) is 0 Å². The second kappa shape index (κ2) is 7.51. The van der Waals surface area contributed by atoms with E-state index in [2.05, 4.69) is 36.4 Å². The third-order valence-corrected chi connectivity index (χ3v) is 5.88. The lowest BCUT2D eigenvalue weighted by molar-refractivity contribution is -0.0735. The molecule has 3 rings (SSSR count). The van der Waals surface area contributed by atoms with Gasteiger partial charge in [0.1, 0.15) is 5.60 Å². The summed E-state index contributed by atoms with van der Waals surface area (Å²) in [5.41, 5.74) is 2.02. The Morgan fingerprint density at radius 2 is 1.81 bits per heavy atom. The summed E-state index contributed by atoms with van der Waals surface area (Å²) in [4.78, 5) is 14.9. The number of halogens is 1. The fourth-order valence-corrected chi connectivity index (χ4v) is 4.10. The van der Waals surface area contributed by atoms with Gasteiger partial charge in [0.05, 0.1) is 5.54 Å². The molecule has 1 fully saturated rings. The van der Waals surface area contributed by atoms with Crippen LogP contribution in [0.3, 0.4) is 0 Å². The first-order valence-electron chi connectivity index (χ1n) is 9.21. The first kappa shape index (κ1) is 19.7. The van der Waals surface area contributed by atoms with Gasteiger partial charge in [-0.3, -0.25) is 4.90 Å². The van der Waals surface area contributed by atoms with Crippen molar-refractivity contribution >= 4 is 22.0 Å². The average molecular weight is 428 g/mol. The van der Waals surface area contributed by atoms with Gasteiger partial charge in [0.2, 0.25) is 0 Å². The van der Waals surface area contributed by atoms with Crippen molar-refractivity contribution in [2.45, 2.75) is 44.8 Å². The summed E-state index contributed by atoms with van der Waals surface area (Å²) in [5, 5.41) is 0. The Morgan fingerprint density at radius 3 is 2.37 bits per heavy atom. The molecular formula is C23H26BrNO2. The summed E-state index contributed by atoms with van der Waals surface area (Å²) in [6, 6.07) is 18.1. The number of amides is 1. The molecule has 4 heteroatoms. The predicted octanol–water partition coefficient (Wildman–Crippen LogP) is 6.39. The number of carbonyl (C=O) groups excluding carboxylic acids is 1. The second-order valence-corrected chi connectivity index (χ2v) is 8.75. The van der Waals surface area contributed by atoms with E-state index in [0.717, 1.165) is 27.6 Å². The van der Waals surface area contributed by atoms with Crippen molar-refractivity contribution in [2.24, 2.45) is 0 Å². The quantitative estimate of drug-likeness (QED) is 0.517. The molecule has 0 aromatic heterocycles. The Balaban J connectivity index is 1.90. The Bertz CT molecular complexity index is 829. The van der Waals surface area contributed by atoms with Crippen LogP contribution in [0, 0.1) is 0 Å². The minimum Gasteiger partial charge on any atom is -0.437 e. The fraction of sp³-hybridized carbons (Fsp3) is 0.348. The van der Waals surface area contributed by atoms with Crippen molar-refractivity contribution in [1.82, 2.24) is 4.90 Å². The van der Waals surface area contributed by atoms with E-state index in [0.29, 0.717) is 13.0 Å². The Hall–Kier alpha value is -2.07. The van der Waals surface area contributed by atoms with Crippen LogP contribution in [-0.4, -0.2) is 17.5 Å². The van der Waals surface area contributed by atoms with E-state index in [1.165, 1.54) is 0 Å². The Morgan fingerprint density at radius 1 is 1.19 bits per heavy atom. The van der Waals surface area contributed by atoms with Gasteiger partial charge in [-0.15, -0.1) is 0 Å². The molecule has 0 bridgehead atoms. The zero-order valence-corrected chi connectivity index (χ0v) is 17.8. The van der Waals surface area contributed by atoms with Crippen LogP contribution in [0.5, 0.6) is 0 Å². The van der Waals surface area contributed by atoms with E-state index in [1.54, 1.807) is 0 Å². The van der Waals surface area contributed by atoms with Gasteiger partial charge in [-0.25, -0.2) is 4.79 Å². The van der Waals surface area contributed by atoms with E-state index in [9.17, 15) is 4.79 Å². The summed E-state index contributed by atoms with van der Waals surface area (Å²) in [7, 11) is 0. The van der Waals surface area contributed by atoms with Gasteiger partial charge < -0.3 is 4.74 Å². The number of hydrogen-bond acceptors (Lipinski definition) is 2. The molecule has 27 heavy (non-hydrogen) atoms. The first-order valence-corrected chi connectivity index (χ1v) is 10.0. The molecule has 0 radical (unpaired) electrons. The SMILES string of the molecule is C=C(C)CC1(c2ccccc2)CCN(C(C)(C)c2ccc(Br)cc2)C(=O)O1. The normalized spacial score (nSPS) is 20.3. The maximum atomic E-state index is 13.1. The summed E-state index contributed by atoms with van der Waals surface area (Å²) in [6.07, 6.45) is 1.09. The molecule has 1 atom stereocenters. The van der Waals surface area contributed by atoms with Crippen LogP contribution in [-0.2, 0) is 15.9 Å². The molecule has 2 aromatic carbocycles. The lowest BCUT2D eigenvalue weighted by Gasteiger charge is -2.47. The van der Waals surface area contributed by atoms with Gasteiger partial charge in [0, 0.05) is 23.9 Å². The molecule has 1 aliphatic rings. The molecule has 2 aromatic rings. The van der Waals surface area contributed by atoms with Crippen LogP contribution < -0.4 is 0 Å². The molecule has 1 heterocycles. The van der Waals surface area contributed by atoms with E-state index in [1.807, 2.05) is 66.4 Å². The first-order chi connectivity index (χ1) is 12.7. The van der Waals surface area contributed by atoms with Crippen LogP contribution in [0.15, 0.2) is 71.2 Å². The van der Waals surface area contributed by atoms with Gasteiger partial charge >= 0.3 is 6.09 Å². The number of nitrogens with zero attached hydrogens (tertiary/aromatic N) is 1. The van der Waals surface area contributed by atoms with Gasteiger partial charge in [0.25, 0.3) is 0 Å². The van der Waals surface area contributed by atoms with Crippen molar-refractivity contribution in [3.8, 4) is 0 Å². The summed E-state index contributed by atoms with van der Waals surface area (Å²) >= 11 is 3.47. The van der Waals surface area contributed by atoms with E-state index < -0.39 is 11.1 Å². The highest BCUT2D eigenvalue weighted by atomic mass is 79.9. The Labute approximate surface area is 170 Å². The standard InChI is InChI=1S/C23H26BrNO2/c1-17(2)16-23(19-8-6-5-7-9-19)14-15-25(21(26)27-23)22(3,4)18-10-12-20(24)13-11-18/h5-13H,1,14-16H2,2-4H3. The zero-order chi connectivity index (χ0) is 19.7. The number of benzene rings is 2. The smallest absolute Gasteiger partial charge is 0.411 e. The third kappa shape index (κ3) is 3.96. The molecule has 1 aliphatic heterocycles. The van der Waals surface area contributed by atoms with Crippen LogP contribution in [0.2, 0.25) is 0 Å². The number of ether oxygens (including phenoxy) is 1. The summed E-state index contributed by atoms with van der Waals surface area (Å²) in [5.74, 6) is 0. The van der Waals surface area contributed by atoms with Crippen molar-refractivity contribution in [1.29, 1.82) is 0 Å². The number of rotatable bonds is 5. The molecule has 142 valence electrons. The average Bonchev–Trinajstić information content (AvgIpc) is 2.62. The van der Waals surface area contributed by atoms with Crippen molar-refractivity contribution in [2.75, 3.05) is 6.54 Å². The fourth-order valence-electron chi connectivity index (χ4n) is 3.84. The largest absolute Gasteiger partial charge is 0.437 e. The molecule has 0 aliphatic carbocycles. The number of hydrogen-bond donors (Lipinski definition) is 0. The second-order valence-electron chi connectivity index (χ2n) is 7.83. The van der Waals surface area contributed by atoms with Gasteiger partial charge in [0.15, 0.2) is 0 Å². The highest BCUT2D eigenvalue weighted by Gasteiger charge is 2.46. The van der Waals surface area contributed by atoms with E-state index in [-0.39, 0.29) is 6.09 Å². The van der Waals surface area contributed by atoms with Gasteiger partial charge in [-0.1, -0.05) is 70.5 Å².